The van der Waals surface area contributed by atoms with Gasteiger partial charge in [-0.3, -0.25) is 0 Å². The molecule has 118 valence electrons. The Morgan fingerprint density at radius 3 is 2.65 bits per heavy atom. The number of nitrogens with zero attached hydrogens (tertiary/aromatic N) is 1. The van der Waals surface area contributed by atoms with Gasteiger partial charge in [0.25, 0.3) is 0 Å². The Morgan fingerprint density at radius 2 is 1.90 bits per heavy atom. The lowest BCUT2D eigenvalue weighted by molar-refractivity contribution is 0.0230. The SMILES string of the molecule is CCC1CCCN(CC2CCC(CNC(C)C)O2)CC1. The zero-order valence-electron chi connectivity index (χ0n) is 13.7. The fourth-order valence-corrected chi connectivity index (χ4v) is 3.54. The van der Waals surface area contributed by atoms with E-state index in [4.69, 9.17) is 4.74 Å². The van der Waals surface area contributed by atoms with E-state index in [-0.39, 0.29) is 0 Å². The standard InChI is InChI=1S/C17H34N2O/c1-4-15-6-5-10-19(11-9-15)13-17-8-7-16(20-17)12-18-14(2)3/h14-18H,4-13H2,1-3H3. The molecule has 3 unspecified atom stereocenters. The molecule has 0 bridgehead atoms. The second kappa shape index (κ2) is 8.35. The Balaban J connectivity index is 1.66. The molecule has 0 saturated carbocycles. The van der Waals surface area contributed by atoms with E-state index < -0.39 is 0 Å². The van der Waals surface area contributed by atoms with Crippen molar-refractivity contribution in [3.63, 3.8) is 0 Å². The van der Waals surface area contributed by atoms with Crippen LogP contribution >= 0.6 is 0 Å². The molecule has 0 aromatic rings. The number of likely N-dealkylation sites (tertiary alicyclic amines) is 1. The first-order chi connectivity index (χ1) is 9.67. The van der Waals surface area contributed by atoms with Crippen LogP contribution in [0.3, 0.4) is 0 Å². The third-order valence-electron chi connectivity index (χ3n) is 4.93. The van der Waals surface area contributed by atoms with E-state index in [1.165, 1.54) is 51.6 Å². The maximum Gasteiger partial charge on any atom is 0.0707 e. The third-order valence-corrected chi connectivity index (χ3v) is 4.93. The minimum atomic E-state index is 0.442. The maximum atomic E-state index is 6.20. The van der Waals surface area contributed by atoms with Gasteiger partial charge in [0.15, 0.2) is 0 Å². The zero-order chi connectivity index (χ0) is 14.4. The lowest BCUT2D eigenvalue weighted by atomic mass is 9.98. The van der Waals surface area contributed by atoms with Crippen molar-refractivity contribution in [1.82, 2.24) is 10.2 Å². The van der Waals surface area contributed by atoms with Gasteiger partial charge >= 0.3 is 0 Å². The van der Waals surface area contributed by atoms with Crippen LogP contribution in [0.5, 0.6) is 0 Å². The van der Waals surface area contributed by atoms with E-state index >= 15 is 0 Å². The topological polar surface area (TPSA) is 24.5 Å². The normalized spacial score (nSPS) is 32.7. The van der Waals surface area contributed by atoms with Crippen LogP contribution in [0.1, 0.15) is 59.3 Å². The Morgan fingerprint density at radius 1 is 1.10 bits per heavy atom. The predicted octanol–water partition coefficient (Wildman–Crippen LogP) is 3.04. The number of rotatable bonds is 6. The number of nitrogens with one attached hydrogen (secondary N) is 1. The van der Waals surface area contributed by atoms with Crippen molar-refractivity contribution < 1.29 is 4.74 Å². The molecule has 2 saturated heterocycles. The molecule has 2 aliphatic rings. The van der Waals surface area contributed by atoms with Crippen molar-refractivity contribution in [2.45, 2.75) is 77.5 Å². The van der Waals surface area contributed by atoms with Crippen molar-refractivity contribution in [3.05, 3.63) is 0 Å². The van der Waals surface area contributed by atoms with Crippen LogP contribution in [0.2, 0.25) is 0 Å². The smallest absolute Gasteiger partial charge is 0.0707 e. The Kier molecular flexibility index (Phi) is 6.79. The second-order valence-electron chi connectivity index (χ2n) is 7.03. The molecule has 1 N–H and O–H groups in total. The first kappa shape index (κ1) is 16.3. The van der Waals surface area contributed by atoms with Gasteiger partial charge in [0.05, 0.1) is 12.2 Å². The predicted molar refractivity (Wildman–Crippen MR) is 85.1 cm³/mol. The summed E-state index contributed by atoms with van der Waals surface area (Å²) < 4.78 is 6.20. The van der Waals surface area contributed by atoms with E-state index in [0.717, 1.165) is 19.0 Å². The van der Waals surface area contributed by atoms with Gasteiger partial charge in [-0.2, -0.15) is 0 Å². The minimum Gasteiger partial charge on any atom is -0.372 e. The molecular formula is C17H34N2O. The molecule has 2 aliphatic heterocycles. The van der Waals surface area contributed by atoms with Gasteiger partial charge in [-0.25, -0.2) is 0 Å². The minimum absolute atomic E-state index is 0.442. The molecule has 0 aromatic heterocycles. The molecule has 2 heterocycles. The zero-order valence-corrected chi connectivity index (χ0v) is 13.7. The number of hydrogen-bond donors (Lipinski definition) is 1. The van der Waals surface area contributed by atoms with E-state index in [1.54, 1.807) is 0 Å². The Hall–Kier alpha value is -0.120. The van der Waals surface area contributed by atoms with Crippen molar-refractivity contribution in [2.75, 3.05) is 26.2 Å². The van der Waals surface area contributed by atoms with Crippen LogP contribution in [0.4, 0.5) is 0 Å². The quantitative estimate of drug-likeness (QED) is 0.810. The van der Waals surface area contributed by atoms with Crippen LogP contribution in [-0.2, 0) is 4.74 Å². The first-order valence-corrected chi connectivity index (χ1v) is 8.78. The summed E-state index contributed by atoms with van der Waals surface area (Å²) >= 11 is 0. The van der Waals surface area contributed by atoms with Gasteiger partial charge in [0, 0.05) is 19.1 Å². The molecule has 0 aliphatic carbocycles. The Bertz CT molecular complexity index is 270. The molecular weight excluding hydrogens is 248 g/mol. The summed E-state index contributed by atoms with van der Waals surface area (Å²) in [6, 6.07) is 0.564. The van der Waals surface area contributed by atoms with Crippen molar-refractivity contribution in [1.29, 1.82) is 0 Å². The molecule has 0 radical (unpaired) electrons. The summed E-state index contributed by atoms with van der Waals surface area (Å²) in [4.78, 5) is 2.65. The van der Waals surface area contributed by atoms with Gasteiger partial charge in [0.2, 0.25) is 0 Å². The van der Waals surface area contributed by atoms with E-state index in [1.807, 2.05) is 0 Å². The second-order valence-corrected chi connectivity index (χ2v) is 7.03. The van der Waals surface area contributed by atoms with Crippen LogP contribution in [0, 0.1) is 5.92 Å². The van der Waals surface area contributed by atoms with Crippen molar-refractivity contribution >= 4 is 0 Å². The van der Waals surface area contributed by atoms with E-state index in [2.05, 4.69) is 31.0 Å². The molecule has 0 spiro atoms. The molecule has 0 aromatic carbocycles. The average molecular weight is 282 g/mol. The lowest BCUT2D eigenvalue weighted by Crippen LogP contribution is -2.35. The van der Waals surface area contributed by atoms with Crippen molar-refractivity contribution in [3.8, 4) is 0 Å². The molecule has 20 heavy (non-hydrogen) atoms. The highest BCUT2D eigenvalue weighted by molar-refractivity contribution is 4.80. The summed E-state index contributed by atoms with van der Waals surface area (Å²) in [5.41, 5.74) is 0. The molecule has 2 rings (SSSR count). The van der Waals surface area contributed by atoms with Crippen LogP contribution in [-0.4, -0.2) is 49.3 Å². The molecule has 3 atom stereocenters. The van der Waals surface area contributed by atoms with Gasteiger partial charge in [0.1, 0.15) is 0 Å². The maximum absolute atomic E-state index is 6.20. The van der Waals surface area contributed by atoms with Gasteiger partial charge in [-0.1, -0.05) is 27.2 Å². The molecule has 0 amide bonds. The van der Waals surface area contributed by atoms with Gasteiger partial charge < -0.3 is 15.0 Å². The number of ether oxygens (including phenoxy) is 1. The highest BCUT2D eigenvalue weighted by Crippen LogP contribution is 2.24. The summed E-state index contributed by atoms with van der Waals surface area (Å²) in [7, 11) is 0. The highest BCUT2D eigenvalue weighted by atomic mass is 16.5. The number of hydrogen-bond acceptors (Lipinski definition) is 3. The summed E-state index contributed by atoms with van der Waals surface area (Å²) in [6.07, 6.45) is 8.96. The lowest BCUT2D eigenvalue weighted by Gasteiger charge is -2.24. The third kappa shape index (κ3) is 5.34. The Labute approximate surface area is 125 Å². The fraction of sp³-hybridized carbons (Fsp3) is 1.00. The summed E-state index contributed by atoms with van der Waals surface area (Å²) in [5, 5.41) is 3.50. The van der Waals surface area contributed by atoms with Gasteiger partial charge in [-0.05, 0) is 51.1 Å². The monoisotopic (exact) mass is 282 g/mol. The van der Waals surface area contributed by atoms with Crippen molar-refractivity contribution in [2.24, 2.45) is 5.92 Å². The average Bonchev–Trinajstić information content (AvgIpc) is 2.74. The summed E-state index contributed by atoms with van der Waals surface area (Å²) in [5.74, 6) is 0.965. The first-order valence-electron chi connectivity index (χ1n) is 8.78. The van der Waals surface area contributed by atoms with Crippen LogP contribution < -0.4 is 5.32 Å². The molecule has 3 heteroatoms. The molecule has 2 fully saturated rings. The fourth-order valence-electron chi connectivity index (χ4n) is 3.54. The highest BCUT2D eigenvalue weighted by Gasteiger charge is 2.27. The van der Waals surface area contributed by atoms with Crippen LogP contribution in [0.25, 0.3) is 0 Å². The molecule has 3 nitrogen and oxygen atoms in total. The summed E-state index contributed by atoms with van der Waals surface area (Å²) in [6.45, 7) is 11.5. The largest absolute Gasteiger partial charge is 0.372 e. The van der Waals surface area contributed by atoms with Gasteiger partial charge in [-0.15, -0.1) is 0 Å². The van der Waals surface area contributed by atoms with E-state index in [0.29, 0.717) is 18.2 Å². The van der Waals surface area contributed by atoms with Crippen LogP contribution in [0.15, 0.2) is 0 Å². The van der Waals surface area contributed by atoms with E-state index in [9.17, 15) is 0 Å².